The Hall–Kier alpha value is -3.01. The quantitative estimate of drug-likeness (QED) is 0.486. The third kappa shape index (κ3) is 2.71. The number of hydrogen-bond acceptors (Lipinski definition) is 4. The van der Waals surface area contributed by atoms with Gasteiger partial charge in [-0.25, -0.2) is 0 Å². The average molecular weight is 311 g/mol. The Morgan fingerprint density at radius 3 is 3.13 bits per heavy atom. The third-order valence-electron chi connectivity index (χ3n) is 4.01. The van der Waals surface area contributed by atoms with Crippen LogP contribution in [0.25, 0.3) is 10.9 Å². The summed E-state index contributed by atoms with van der Waals surface area (Å²) < 4.78 is 6.06. The van der Waals surface area contributed by atoms with E-state index < -0.39 is 0 Å². The highest BCUT2D eigenvalue weighted by Gasteiger charge is 2.27. The largest absolute Gasteiger partial charge is 0.487 e. The highest BCUT2D eigenvalue weighted by Crippen LogP contribution is 2.37. The first-order chi connectivity index (χ1) is 11.0. The summed E-state index contributed by atoms with van der Waals surface area (Å²) in [6.07, 6.45) is 2.34. The average Bonchev–Trinajstić information content (AvgIpc) is 2.90. The highest BCUT2D eigenvalue weighted by atomic mass is 16.5. The summed E-state index contributed by atoms with van der Waals surface area (Å²) in [5.41, 5.74) is 8.49. The first kappa shape index (κ1) is 14.9. The molecule has 0 bridgehead atoms. The number of H-pyrrole nitrogens is 1. The number of nitriles is 1. The van der Waals surface area contributed by atoms with Crippen LogP contribution < -0.4 is 16.0 Å². The van der Waals surface area contributed by atoms with Crippen molar-refractivity contribution in [1.29, 1.82) is 5.26 Å². The molecule has 0 aliphatic carbocycles. The van der Waals surface area contributed by atoms with Crippen molar-refractivity contribution >= 4 is 16.9 Å². The van der Waals surface area contributed by atoms with Crippen LogP contribution in [0.4, 0.5) is 0 Å². The van der Waals surface area contributed by atoms with Crippen molar-refractivity contribution in [3.05, 3.63) is 39.7 Å². The Kier molecular flexibility index (Phi) is 3.66. The van der Waals surface area contributed by atoms with E-state index >= 15 is 0 Å². The number of hydrogen-bond donors (Lipinski definition) is 2. The first-order valence-electron chi connectivity index (χ1n) is 7.25. The first-order valence-corrected chi connectivity index (χ1v) is 7.25. The Bertz CT molecular complexity index is 894. The van der Waals surface area contributed by atoms with Crippen molar-refractivity contribution in [3.8, 4) is 11.9 Å². The summed E-state index contributed by atoms with van der Waals surface area (Å²) in [6, 6.07) is 5.33. The van der Waals surface area contributed by atoms with Crippen molar-refractivity contribution in [2.45, 2.75) is 19.4 Å². The van der Waals surface area contributed by atoms with Gasteiger partial charge in [0.1, 0.15) is 11.9 Å². The number of aromatic nitrogens is 1. The predicted octanol–water partition coefficient (Wildman–Crippen LogP) is 0.868. The van der Waals surface area contributed by atoms with E-state index in [0.29, 0.717) is 6.54 Å². The maximum atomic E-state index is 11.5. The zero-order valence-electron chi connectivity index (χ0n) is 13.0. The van der Waals surface area contributed by atoms with Gasteiger partial charge in [-0.3, -0.25) is 4.79 Å². The molecule has 1 atom stereocenters. The number of pyridine rings is 1. The number of likely N-dealkylation sites (N-methyl/N-ethyl adjacent to an activating group) is 1. The van der Waals surface area contributed by atoms with E-state index in [1.165, 1.54) is 6.07 Å². The van der Waals surface area contributed by atoms with Crippen molar-refractivity contribution in [2.24, 2.45) is 10.7 Å². The van der Waals surface area contributed by atoms with Crippen LogP contribution >= 0.6 is 0 Å². The van der Waals surface area contributed by atoms with Crippen LogP contribution in [0.5, 0.6) is 5.75 Å². The number of nitrogens with zero attached hydrogens (tertiary/aromatic N) is 3. The minimum absolute atomic E-state index is 0.0839. The molecule has 23 heavy (non-hydrogen) atoms. The van der Waals surface area contributed by atoms with E-state index in [1.54, 1.807) is 24.2 Å². The number of aromatic amines is 1. The van der Waals surface area contributed by atoms with Crippen molar-refractivity contribution in [2.75, 3.05) is 13.6 Å². The van der Waals surface area contributed by atoms with Gasteiger partial charge in [-0.15, -0.1) is 4.99 Å². The number of benzene rings is 1. The molecule has 7 nitrogen and oxygen atoms in total. The van der Waals surface area contributed by atoms with Gasteiger partial charge in [0.25, 0.3) is 0 Å². The van der Waals surface area contributed by atoms with Crippen molar-refractivity contribution < 1.29 is 4.74 Å². The molecule has 0 radical (unpaired) electrons. The van der Waals surface area contributed by atoms with Crippen LogP contribution in [0.3, 0.4) is 0 Å². The molecule has 0 fully saturated rings. The molecule has 2 heterocycles. The molecule has 0 saturated heterocycles. The van der Waals surface area contributed by atoms with E-state index in [0.717, 1.165) is 34.2 Å². The highest BCUT2D eigenvalue weighted by molar-refractivity contribution is 5.89. The fourth-order valence-corrected chi connectivity index (χ4v) is 2.93. The third-order valence-corrected chi connectivity index (χ3v) is 4.01. The molecular formula is C16H17N5O2. The number of aryl methyl sites for hydroxylation is 1. The Balaban J connectivity index is 1.90. The van der Waals surface area contributed by atoms with Gasteiger partial charge in [0, 0.05) is 24.9 Å². The van der Waals surface area contributed by atoms with Gasteiger partial charge in [-0.05, 0) is 24.1 Å². The van der Waals surface area contributed by atoms with E-state index in [4.69, 9.17) is 15.7 Å². The molecule has 1 aromatic carbocycles. The van der Waals surface area contributed by atoms with Crippen LogP contribution in [-0.2, 0) is 6.42 Å². The molecule has 0 saturated carbocycles. The topological polar surface area (TPSA) is 108 Å². The van der Waals surface area contributed by atoms with E-state index in [2.05, 4.69) is 9.98 Å². The Labute approximate surface area is 133 Å². The minimum atomic E-state index is -0.129. The normalized spacial score (nSPS) is 16.7. The summed E-state index contributed by atoms with van der Waals surface area (Å²) in [5.74, 6) is 0.966. The second-order valence-electron chi connectivity index (χ2n) is 5.69. The second kappa shape index (κ2) is 5.65. The zero-order valence-corrected chi connectivity index (χ0v) is 13.0. The van der Waals surface area contributed by atoms with Gasteiger partial charge in [0.05, 0.1) is 12.1 Å². The summed E-state index contributed by atoms with van der Waals surface area (Å²) in [4.78, 5) is 19.6. The molecule has 1 aromatic heterocycles. The molecule has 0 amide bonds. The summed E-state index contributed by atoms with van der Waals surface area (Å²) in [6.45, 7) is 2.49. The minimum Gasteiger partial charge on any atom is -0.487 e. The van der Waals surface area contributed by atoms with Gasteiger partial charge >= 0.3 is 0 Å². The van der Waals surface area contributed by atoms with Crippen molar-refractivity contribution in [3.63, 3.8) is 0 Å². The van der Waals surface area contributed by atoms with Crippen LogP contribution in [0.1, 0.15) is 11.1 Å². The lowest BCUT2D eigenvalue weighted by atomic mass is 10.0. The maximum absolute atomic E-state index is 11.5. The molecule has 1 aliphatic rings. The lowest BCUT2D eigenvalue weighted by Gasteiger charge is -2.21. The molecule has 118 valence electrons. The summed E-state index contributed by atoms with van der Waals surface area (Å²) in [5, 5.41) is 9.46. The van der Waals surface area contributed by atoms with Crippen LogP contribution in [0.2, 0.25) is 0 Å². The zero-order chi connectivity index (χ0) is 16.6. The van der Waals surface area contributed by atoms with Crippen LogP contribution in [-0.4, -0.2) is 35.5 Å². The molecule has 1 aliphatic heterocycles. The van der Waals surface area contributed by atoms with E-state index in [-0.39, 0.29) is 17.6 Å². The molecule has 1 unspecified atom stereocenters. The van der Waals surface area contributed by atoms with E-state index in [1.807, 2.05) is 13.0 Å². The van der Waals surface area contributed by atoms with Crippen LogP contribution in [0.15, 0.2) is 28.0 Å². The number of nitrogens with two attached hydrogens (primary N) is 1. The number of guanidine groups is 1. The smallest absolute Gasteiger partial charge is 0.248 e. The number of ether oxygens (including phenoxy) is 1. The molecule has 2 aromatic rings. The van der Waals surface area contributed by atoms with E-state index in [9.17, 15) is 4.79 Å². The SMILES string of the molecule is Cc1cc2c(c3ccc(=O)[nH]c13)OC(CN(C)C(N)=NC#N)C2. The standard InChI is InChI=1S/C16H17N5O2/c1-9-5-10-6-11(7-21(2)16(18)19-8-17)23-15(10)12-3-4-13(22)20-14(9)12/h3-5,11H,6-7H2,1-2H3,(H2,18,19)(H,20,22). The fraction of sp³-hybridized carbons (Fsp3) is 0.312. The lowest BCUT2D eigenvalue weighted by molar-refractivity contribution is 0.202. The maximum Gasteiger partial charge on any atom is 0.248 e. The molecular weight excluding hydrogens is 294 g/mol. The number of aliphatic imine (C=N–C) groups is 1. The Morgan fingerprint density at radius 2 is 2.39 bits per heavy atom. The van der Waals surface area contributed by atoms with Gasteiger partial charge < -0.3 is 20.4 Å². The molecule has 3 rings (SSSR count). The molecule has 0 spiro atoms. The summed E-state index contributed by atoms with van der Waals surface area (Å²) in [7, 11) is 1.77. The number of fused-ring (bicyclic) bond motifs is 3. The van der Waals surface area contributed by atoms with Gasteiger partial charge in [0.15, 0.2) is 0 Å². The van der Waals surface area contributed by atoms with Crippen LogP contribution in [0, 0.1) is 18.4 Å². The monoisotopic (exact) mass is 311 g/mol. The van der Waals surface area contributed by atoms with Crippen molar-refractivity contribution in [1.82, 2.24) is 9.88 Å². The van der Waals surface area contributed by atoms with Gasteiger partial charge in [0.2, 0.25) is 17.7 Å². The number of nitrogens with one attached hydrogen (secondary N) is 1. The number of rotatable bonds is 2. The lowest BCUT2D eigenvalue weighted by Crippen LogP contribution is -2.40. The Morgan fingerprint density at radius 1 is 1.61 bits per heavy atom. The molecule has 3 N–H and O–H groups in total. The van der Waals surface area contributed by atoms with Gasteiger partial charge in [-0.1, -0.05) is 6.07 Å². The van der Waals surface area contributed by atoms with Gasteiger partial charge in [-0.2, -0.15) is 5.26 Å². The second-order valence-corrected chi connectivity index (χ2v) is 5.69. The predicted molar refractivity (Wildman–Crippen MR) is 87.3 cm³/mol. The fourth-order valence-electron chi connectivity index (χ4n) is 2.93. The molecule has 7 heteroatoms. The summed E-state index contributed by atoms with van der Waals surface area (Å²) >= 11 is 0.